The number of aryl methyl sites for hydroxylation is 1. The van der Waals surface area contributed by atoms with E-state index in [0.29, 0.717) is 33.3 Å². The van der Waals surface area contributed by atoms with Gasteiger partial charge in [-0.15, -0.1) is 0 Å². The van der Waals surface area contributed by atoms with E-state index < -0.39 is 11.9 Å². The molecule has 0 radical (unpaired) electrons. The number of ether oxygens (including phenoxy) is 2. The summed E-state index contributed by atoms with van der Waals surface area (Å²) in [5.74, 6) is -0.907. The van der Waals surface area contributed by atoms with Crippen LogP contribution < -0.4 is 0 Å². The molecule has 2 aromatic carbocycles. The third-order valence-corrected chi connectivity index (χ3v) is 3.98. The average Bonchev–Trinajstić information content (AvgIpc) is 2.65. The Morgan fingerprint density at radius 1 is 0.880 bits per heavy atom. The number of carbonyl (C=O) groups is 2. The zero-order valence-corrected chi connectivity index (χ0v) is 14.2. The maximum absolute atomic E-state index is 12.3. The Hall–Kier alpha value is -3.21. The van der Waals surface area contributed by atoms with Crippen molar-refractivity contribution >= 4 is 22.8 Å². The van der Waals surface area contributed by atoms with Crippen molar-refractivity contribution in [3.63, 3.8) is 0 Å². The summed E-state index contributed by atoms with van der Waals surface area (Å²) in [4.78, 5) is 28.9. The number of nitrogens with zero attached hydrogens (tertiary/aromatic N) is 1. The molecule has 0 fully saturated rings. The molecule has 0 bridgehead atoms. The lowest BCUT2D eigenvalue weighted by molar-refractivity contribution is 0.0594. The van der Waals surface area contributed by atoms with Gasteiger partial charge in [0.25, 0.3) is 0 Å². The van der Waals surface area contributed by atoms with Gasteiger partial charge in [-0.25, -0.2) is 14.6 Å². The number of methoxy groups -OCH3 is 2. The van der Waals surface area contributed by atoms with Crippen molar-refractivity contribution in [2.45, 2.75) is 6.92 Å². The van der Waals surface area contributed by atoms with Crippen molar-refractivity contribution in [3.8, 4) is 11.3 Å². The lowest BCUT2D eigenvalue weighted by Gasteiger charge is -2.11. The van der Waals surface area contributed by atoms with Gasteiger partial charge >= 0.3 is 11.9 Å². The summed E-state index contributed by atoms with van der Waals surface area (Å²) < 4.78 is 9.76. The first-order valence-corrected chi connectivity index (χ1v) is 7.72. The third kappa shape index (κ3) is 3.08. The van der Waals surface area contributed by atoms with Crippen LogP contribution in [-0.2, 0) is 9.47 Å². The number of benzene rings is 2. The smallest absolute Gasteiger partial charge is 0.338 e. The van der Waals surface area contributed by atoms with Crippen LogP contribution in [0, 0.1) is 6.92 Å². The molecule has 0 aliphatic heterocycles. The van der Waals surface area contributed by atoms with Crippen molar-refractivity contribution < 1.29 is 19.1 Å². The molecular formula is C20H17NO4. The summed E-state index contributed by atoms with van der Waals surface area (Å²) >= 11 is 0. The van der Waals surface area contributed by atoms with E-state index in [1.807, 2.05) is 25.1 Å². The van der Waals surface area contributed by atoms with Crippen LogP contribution in [0.3, 0.4) is 0 Å². The molecule has 0 atom stereocenters. The number of hydrogen-bond donors (Lipinski definition) is 0. The molecule has 5 nitrogen and oxygen atoms in total. The molecule has 1 aromatic heterocycles. The van der Waals surface area contributed by atoms with Crippen LogP contribution >= 0.6 is 0 Å². The van der Waals surface area contributed by atoms with Gasteiger partial charge < -0.3 is 9.47 Å². The van der Waals surface area contributed by atoms with Gasteiger partial charge in [0.2, 0.25) is 0 Å². The van der Waals surface area contributed by atoms with Crippen LogP contribution in [0.4, 0.5) is 0 Å². The van der Waals surface area contributed by atoms with E-state index in [9.17, 15) is 9.59 Å². The second kappa shape index (κ2) is 6.73. The van der Waals surface area contributed by atoms with Gasteiger partial charge in [-0.1, -0.05) is 29.8 Å². The van der Waals surface area contributed by atoms with E-state index in [-0.39, 0.29) is 0 Å². The summed E-state index contributed by atoms with van der Waals surface area (Å²) in [6, 6.07) is 14.3. The Labute approximate surface area is 145 Å². The molecule has 0 N–H and O–H groups in total. The predicted octanol–water partition coefficient (Wildman–Crippen LogP) is 3.78. The molecule has 0 unspecified atom stereocenters. The van der Waals surface area contributed by atoms with Crippen LogP contribution in [0.25, 0.3) is 22.2 Å². The maximum atomic E-state index is 12.3. The quantitative estimate of drug-likeness (QED) is 0.682. The van der Waals surface area contributed by atoms with E-state index in [1.54, 1.807) is 30.3 Å². The average molecular weight is 335 g/mol. The highest BCUT2D eigenvalue weighted by Gasteiger charge is 2.18. The first-order valence-electron chi connectivity index (χ1n) is 7.72. The summed E-state index contributed by atoms with van der Waals surface area (Å²) in [7, 11) is 2.67. The number of fused-ring (bicyclic) bond motifs is 1. The zero-order valence-electron chi connectivity index (χ0n) is 14.2. The first kappa shape index (κ1) is 16.6. The lowest BCUT2D eigenvalue weighted by atomic mass is 9.99. The van der Waals surface area contributed by atoms with Crippen molar-refractivity contribution in [3.05, 3.63) is 65.2 Å². The highest BCUT2D eigenvalue weighted by atomic mass is 16.5. The zero-order chi connectivity index (χ0) is 18.0. The van der Waals surface area contributed by atoms with E-state index in [2.05, 4.69) is 4.98 Å². The molecule has 1 heterocycles. The molecule has 0 saturated carbocycles. The van der Waals surface area contributed by atoms with Crippen LogP contribution in [0.2, 0.25) is 0 Å². The van der Waals surface area contributed by atoms with E-state index in [0.717, 1.165) is 5.56 Å². The fraction of sp³-hybridized carbons (Fsp3) is 0.150. The van der Waals surface area contributed by atoms with Crippen molar-refractivity contribution in [2.75, 3.05) is 14.2 Å². The Morgan fingerprint density at radius 3 is 2.28 bits per heavy atom. The van der Waals surface area contributed by atoms with Gasteiger partial charge in [0.15, 0.2) is 0 Å². The van der Waals surface area contributed by atoms with Crippen molar-refractivity contribution in [2.24, 2.45) is 0 Å². The lowest BCUT2D eigenvalue weighted by Crippen LogP contribution is -2.07. The fourth-order valence-corrected chi connectivity index (χ4v) is 2.75. The Balaban J connectivity index is 2.30. The van der Waals surface area contributed by atoms with Gasteiger partial charge in [-0.2, -0.15) is 0 Å². The van der Waals surface area contributed by atoms with Gasteiger partial charge in [-0.05, 0) is 31.2 Å². The Kier molecular flexibility index (Phi) is 4.48. The number of pyridine rings is 1. The standard InChI is InChI=1S/C20H17NO4/c1-12-8-9-17-15(10-12)16(20(23)25-3)11-18(21-17)13-6-4-5-7-14(13)19(22)24-2/h4-11H,1-3H3. The molecule has 0 aliphatic rings. The van der Waals surface area contributed by atoms with Crippen LogP contribution in [0.5, 0.6) is 0 Å². The van der Waals surface area contributed by atoms with Gasteiger partial charge in [-0.3, -0.25) is 0 Å². The predicted molar refractivity (Wildman–Crippen MR) is 94.6 cm³/mol. The third-order valence-electron chi connectivity index (χ3n) is 3.98. The fourth-order valence-electron chi connectivity index (χ4n) is 2.75. The number of carbonyl (C=O) groups excluding carboxylic acids is 2. The Bertz CT molecular complexity index is 979. The summed E-state index contributed by atoms with van der Waals surface area (Å²) in [5, 5.41) is 0.714. The number of esters is 2. The molecule has 0 saturated heterocycles. The molecule has 3 rings (SSSR count). The second-order valence-electron chi connectivity index (χ2n) is 5.60. The molecule has 25 heavy (non-hydrogen) atoms. The number of hydrogen-bond acceptors (Lipinski definition) is 5. The van der Waals surface area contributed by atoms with Crippen LogP contribution in [0.15, 0.2) is 48.5 Å². The minimum absolute atomic E-state index is 0.389. The molecule has 3 aromatic rings. The van der Waals surface area contributed by atoms with E-state index in [1.165, 1.54) is 14.2 Å². The van der Waals surface area contributed by atoms with Gasteiger partial charge in [0.05, 0.1) is 36.6 Å². The summed E-state index contributed by atoms with van der Waals surface area (Å²) in [5.41, 5.74) is 3.58. The normalized spacial score (nSPS) is 10.5. The van der Waals surface area contributed by atoms with Crippen LogP contribution in [-0.4, -0.2) is 31.1 Å². The monoisotopic (exact) mass is 335 g/mol. The van der Waals surface area contributed by atoms with Gasteiger partial charge in [0, 0.05) is 10.9 Å². The number of aromatic nitrogens is 1. The highest BCUT2D eigenvalue weighted by molar-refractivity contribution is 6.05. The topological polar surface area (TPSA) is 65.5 Å². The minimum Gasteiger partial charge on any atom is -0.465 e. The van der Waals surface area contributed by atoms with Crippen molar-refractivity contribution in [1.82, 2.24) is 4.98 Å². The highest BCUT2D eigenvalue weighted by Crippen LogP contribution is 2.28. The molecule has 0 amide bonds. The largest absolute Gasteiger partial charge is 0.465 e. The van der Waals surface area contributed by atoms with Gasteiger partial charge in [0.1, 0.15) is 0 Å². The summed E-state index contributed by atoms with van der Waals surface area (Å²) in [6.07, 6.45) is 0. The summed E-state index contributed by atoms with van der Waals surface area (Å²) in [6.45, 7) is 1.95. The van der Waals surface area contributed by atoms with E-state index >= 15 is 0 Å². The van der Waals surface area contributed by atoms with E-state index in [4.69, 9.17) is 9.47 Å². The first-order chi connectivity index (χ1) is 12.0. The minimum atomic E-state index is -0.457. The molecule has 0 spiro atoms. The SMILES string of the molecule is COC(=O)c1ccccc1-c1cc(C(=O)OC)c2cc(C)ccc2n1. The molecular weight excluding hydrogens is 318 g/mol. The van der Waals surface area contributed by atoms with Crippen LogP contribution in [0.1, 0.15) is 26.3 Å². The molecule has 5 heteroatoms. The Morgan fingerprint density at radius 2 is 1.56 bits per heavy atom. The number of rotatable bonds is 3. The molecule has 0 aliphatic carbocycles. The van der Waals surface area contributed by atoms with Crippen molar-refractivity contribution in [1.29, 1.82) is 0 Å². The second-order valence-corrected chi connectivity index (χ2v) is 5.60. The maximum Gasteiger partial charge on any atom is 0.338 e. The molecule has 126 valence electrons.